The van der Waals surface area contributed by atoms with Crippen molar-refractivity contribution >= 4 is 5.82 Å². The van der Waals surface area contributed by atoms with Gasteiger partial charge < -0.3 is 10.2 Å². The summed E-state index contributed by atoms with van der Waals surface area (Å²) in [5.74, 6) is 1.68. The lowest BCUT2D eigenvalue weighted by Gasteiger charge is -2.24. The van der Waals surface area contributed by atoms with Gasteiger partial charge >= 0.3 is 0 Å². The standard InChI is InChI=1S/C15H28N4/c1-5-8-16-9-14-10-18-15(11-17-14)19(7-3)12-13(4)6-2/h10-11,13,16H,5-9,12H2,1-4H3. The molecule has 0 saturated heterocycles. The Morgan fingerprint density at radius 2 is 2.00 bits per heavy atom. The highest BCUT2D eigenvalue weighted by Crippen LogP contribution is 2.12. The van der Waals surface area contributed by atoms with Crippen LogP contribution in [0.15, 0.2) is 12.4 Å². The van der Waals surface area contributed by atoms with Gasteiger partial charge in [0.05, 0.1) is 18.1 Å². The van der Waals surface area contributed by atoms with Crippen LogP contribution in [0, 0.1) is 5.92 Å². The third-order valence-corrected chi connectivity index (χ3v) is 3.36. The molecule has 0 bridgehead atoms. The van der Waals surface area contributed by atoms with Gasteiger partial charge in [-0.2, -0.15) is 0 Å². The van der Waals surface area contributed by atoms with E-state index in [2.05, 4.69) is 47.9 Å². The minimum absolute atomic E-state index is 0.688. The van der Waals surface area contributed by atoms with E-state index in [0.717, 1.165) is 44.1 Å². The van der Waals surface area contributed by atoms with Crippen molar-refractivity contribution in [1.29, 1.82) is 0 Å². The fourth-order valence-electron chi connectivity index (χ4n) is 1.89. The van der Waals surface area contributed by atoms with Gasteiger partial charge in [0.2, 0.25) is 0 Å². The van der Waals surface area contributed by atoms with Crippen molar-refractivity contribution in [3.8, 4) is 0 Å². The fourth-order valence-corrected chi connectivity index (χ4v) is 1.89. The van der Waals surface area contributed by atoms with Crippen molar-refractivity contribution in [3.05, 3.63) is 18.1 Å². The predicted molar refractivity (Wildman–Crippen MR) is 81.4 cm³/mol. The second-order valence-corrected chi connectivity index (χ2v) is 5.09. The Morgan fingerprint density at radius 1 is 1.21 bits per heavy atom. The maximum Gasteiger partial charge on any atom is 0.147 e. The second kappa shape index (κ2) is 8.86. The molecule has 1 N–H and O–H groups in total. The second-order valence-electron chi connectivity index (χ2n) is 5.09. The fraction of sp³-hybridized carbons (Fsp3) is 0.733. The molecule has 1 heterocycles. The lowest BCUT2D eigenvalue weighted by molar-refractivity contribution is 0.545. The van der Waals surface area contributed by atoms with E-state index in [1.807, 2.05) is 12.4 Å². The Balaban J connectivity index is 2.57. The molecule has 0 aliphatic heterocycles. The summed E-state index contributed by atoms with van der Waals surface area (Å²) >= 11 is 0. The van der Waals surface area contributed by atoms with E-state index in [-0.39, 0.29) is 0 Å². The Labute approximate surface area is 117 Å². The highest BCUT2D eigenvalue weighted by atomic mass is 15.2. The summed E-state index contributed by atoms with van der Waals surface area (Å²) in [5, 5.41) is 3.34. The summed E-state index contributed by atoms with van der Waals surface area (Å²) in [6.45, 7) is 12.7. The smallest absolute Gasteiger partial charge is 0.147 e. The van der Waals surface area contributed by atoms with Crippen LogP contribution in [-0.4, -0.2) is 29.6 Å². The molecule has 1 aromatic rings. The molecule has 0 saturated carbocycles. The quantitative estimate of drug-likeness (QED) is 0.696. The molecule has 0 radical (unpaired) electrons. The Bertz CT molecular complexity index is 337. The summed E-state index contributed by atoms with van der Waals surface area (Å²) < 4.78 is 0. The summed E-state index contributed by atoms with van der Waals surface area (Å²) in [7, 11) is 0. The zero-order chi connectivity index (χ0) is 14.1. The van der Waals surface area contributed by atoms with E-state index in [1.54, 1.807) is 0 Å². The molecule has 0 aliphatic carbocycles. The van der Waals surface area contributed by atoms with E-state index in [0.29, 0.717) is 5.92 Å². The van der Waals surface area contributed by atoms with Crippen LogP contribution in [0.1, 0.15) is 46.2 Å². The Morgan fingerprint density at radius 3 is 2.53 bits per heavy atom. The molecule has 0 amide bonds. The number of aromatic nitrogens is 2. The molecule has 1 unspecified atom stereocenters. The zero-order valence-corrected chi connectivity index (χ0v) is 12.8. The van der Waals surface area contributed by atoms with E-state index >= 15 is 0 Å². The topological polar surface area (TPSA) is 41.1 Å². The first kappa shape index (κ1) is 15.9. The van der Waals surface area contributed by atoms with Crippen LogP contribution in [-0.2, 0) is 6.54 Å². The molecule has 4 nitrogen and oxygen atoms in total. The molecule has 108 valence electrons. The largest absolute Gasteiger partial charge is 0.355 e. The van der Waals surface area contributed by atoms with Crippen LogP contribution in [0.4, 0.5) is 5.82 Å². The van der Waals surface area contributed by atoms with E-state index in [9.17, 15) is 0 Å². The summed E-state index contributed by atoms with van der Waals surface area (Å²) in [6, 6.07) is 0. The van der Waals surface area contributed by atoms with Crippen molar-refractivity contribution in [2.45, 2.75) is 47.1 Å². The van der Waals surface area contributed by atoms with Gasteiger partial charge in [-0.3, -0.25) is 4.98 Å². The summed E-state index contributed by atoms with van der Waals surface area (Å²) in [5.41, 5.74) is 1.01. The summed E-state index contributed by atoms with van der Waals surface area (Å²) in [4.78, 5) is 11.3. The molecule has 0 fully saturated rings. The third-order valence-electron chi connectivity index (χ3n) is 3.36. The first-order valence-corrected chi connectivity index (χ1v) is 7.47. The zero-order valence-electron chi connectivity index (χ0n) is 12.8. The maximum atomic E-state index is 4.54. The van der Waals surface area contributed by atoms with Gasteiger partial charge in [0.1, 0.15) is 5.82 Å². The van der Waals surface area contributed by atoms with Crippen LogP contribution in [0.3, 0.4) is 0 Å². The number of nitrogens with one attached hydrogen (secondary N) is 1. The van der Waals surface area contributed by atoms with Crippen molar-refractivity contribution < 1.29 is 0 Å². The minimum Gasteiger partial charge on any atom is -0.355 e. The van der Waals surface area contributed by atoms with Gasteiger partial charge in [-0.1, -0.05) is 27.2 Å². The SMILES string of the molecule is CCCNCc1cnc(N(CC)CC(C)CC)cn1. The molecule has 19 heavy (non-hydrogen) atoms. The van der Waals surface area contributed by atoms with Crippen molar-refractivity contribution in [2.75, 3.05) is 24.5 Å². The van der Waals surface area contributed by atoms with E-state index < -0.39 is 0 Å². The number of hydrogen-bond acceptors (Lipinski definition) is 4. The molecule has 4 heteroatoms. The van der Waals surface area contributed by atoms with Gasteiger partial charge in [0.25, 0.3) is 0 Å². The van der Waals surface area contributed by atoms with Crippen molar-refractivity contribution in [1.82, 2.24) is 15.3 Å². The van der Waals surface area contributed by atoms with Crippen molar-refractivity contribution in [2.24, 2.45) is 5.92 Å². The molecule has 0 aliphatic rings. The molecule has 0 aromatic carbocycles. The van der Waals surface area contributed by atoms with E-state index in [1.165, 1.54) is 6.42 Å². The lowest BCUT2D eigenvalue weighted by atomic mass is 10.1. The molecular weight excluding hydrogens is 236 g/mol. The monoisotopic (exact) mass is 264 g/mol. The van der Waals surface area contributed by atoms with E-state index in [4.69, 9.17) is 0 Å². The van der Waals surface area contributed by atoms with Gasteiger partial charge in [-0.15, -0.1) is 0 Å². The minimum atomic E-state index is 0.688. The van der Waals surface area contributed by atoms with Crippen LogP contribution < -0.4 is 10.2 Å². The van der Waals surface area contributed by atoms with Crippen LogP contribution >= 0.6 is 0 Å². The molecule has 1 atom stereocenters. The Hall–Kier alpha value is -1.16. The molecule has 1 aromatic heterocycles. The number of nitrogens with zero attached hydrogens (tertiary/aromatic N) is 3. The van der Waals surface area contributed by atoms with Crippen LogP contribution in [0.2, 0.25) is 0 Å². The third kappa shape index (κ3) is 5.55. The number of rotatable bonds is 9. The summed E-state index contributed by atoms with van der Waals surface area (Å²) in [6.07, 6.45) is 6.12. The average Bonchev–Trinajstić information content (AvgIpc) is 2.45. The number of anilines is 1. The molecule has 1 rings (SSSR count). The maximum absolute atomic E-state index is 4.54. The normalized spacial score (nSPS) is 12.4. The first-order valence-electron chi connectivity index (χ1n) is 7.47. The van der Waals surface area contributed by atoms with Crippen LogP contribution in [0.5, 0.6) is 0 Å². The highest BCUT2D eigenvalue weighted by molar-refractivity contribution is 5.35. The Kier molecular flexibility index (Phi) is 7.41. The van der Waals surface area contributed by atoms with Crippen LogP contribution in [0.25, 0.3) is 0 Å². The first-order chi connectivity index (χ1) is 9.21. The number of hydrogen-bond donors (Lipinski definition) is 1. The van der Waals surface area contributed by atoms with Gasteiger partial charge in [0.15, 0.2) is 0 Å². The average molecular weight is 264 g/mol. The van der Waals surface area contributed by atoms with Gasteiger partial charge in [-0.05, 0) is 25.8 Å². The molecular formula is C15H28N4. The van der Waals surface area contributed by atoms with Gasteiger partial charge in [-0.25, -0.2) is 4.98 Å². The van der Waals surface area contributed by atoms with Gasteiger partial charge in [0, 0.05) is 19.6 Å². The van der Waals surface area contributed by atoms with Crippen molar-refractivity contribution in [3.63, 3.8) is 0 Å². The highest BCUT2D eigenvalue weighted by Gasteiger charge is 2.09. The molecule has 0 spiro atoms. The lowest BCUT2D eigenvalue weighted by Crippen LogP contribution is -2.29. The predicted octanol–water partition coefficient (Wildman–Crippen LogP) is 2.85.